The van der Waals surface area contributed by atoms with Gasteiger partial charge < -0.3 is 5.32 Å². The van der Waals surface area contributed by atoms with Crippen LogP contribution in [0.25, 0.3) is 5.65 Å². The van der Waals surface area contributed by atoms with Gasteiger partial charge in [0, 0.05) is 0 Å². The number of aromatic nitrogens is 2. The van der Waals surface area contributed by atoms with Crippen molar-refractivity contribution in [2.24, 2.45) is 5.92 Å². The first-order valence-electron chi connectivity index (χ1n) is 6.04. The van der Waals surface area contributed by atoms with E-state index in [0.717, 1.165) is 6.42 Å². The van der Waals surface area contributed by atoms with Crippen LogP contribution in [0.2, 0.25) is 0 Å². The summed E-state index contributed by atoms with van der Waals surface area (Å²) in [5.41, 5.74) is 1.16. The Hall–Kier alpha value is -2.17. The summed E-state index contributed by atoms with van der Waals surface area (Å²) < 4.78 is 1.70. The number of amides is 1. The molecule has 0 aromatic carbocycles. The van der Waals surface area contributed by atoms with Crippen molar-refractivity contribution in [3.05, 3.63) is 30.1 Å². The molecule has 3 rings (SSSR count). The lowest BCUT2D eigenvalue weighted by Crippen LogP contribution is -2.27. The van der Waals surface area contributed by atoms with Crippen molar-refractivity contribution < 1.29 is 9.59 Å². The van der Waals surface area contributed by atoms with Gasteiger partial charge in [-0.15, -0.1) is 0 Å². The van der Waals surface area contributed by atoms with Gasteiger partial charge in [0.05, 0.1) is 6.20 Å². The molecule has 1 N–H and O–H groups in total. The SMILES string of the molecule is CCCC1C(=O)Nc2cccc3ncc(n23)C1=O. The Labute approximate surface area is 104 Å². The number of imidazole rings is 1. The zero-order valence-corrected chi connectivity index (χ0v) is 10.0. The molecule has 0 radical (unpaired) electrons. The van der Waals surface area contributed by atoms with Gasteiger partial charge in [-0.25, -0.2) is 4.98 Å². The number of nitrogens with one attached hydrogen (secondary N) is 1. The number of pyridine rings is 1. The summed E-state index contributed by atoms with van der Waals surface area (Å²) in [4.78, 5) is 28.6. The molecule has 92 valence electrons. The van der Waals surface area contributed by atoms with E-state index in [4.69, 9.17) is 0 Å². The van der Waals surface area contributed by atoms with Gasteiger partial charge in [0.25, 0.3) is 0 Å². The molecule has 1 aliphatic heterocycles. The van der Waals surface area contributed by atoms with Crippen LogP contribution in [0, 0.1) is 5.92 Å². The number of carbonyl (C=O) groups excluding carboxylic acids is 2. The Balaban J connectivity index is 2.22. The molecule has 1 atom stereocenters. The number of hydrogen-bond donors (Lipinski definition) is 1. The fourth-order valence-corrected chi connectivity index (χ4v) is 2.37. The largest absolute Gasteiger partial charge is 0.311 e. The molecule has 5 nitrogen and oxygen atoms in total. The van der Waals surface area contributed by atoms with E-state index in [9.17, 15) is 9.59 Å². The van der Waals surface area contributed by atoms with Crippen LogP contribution < -0.4 is 5.32 Å². The van der Waals surface area contributed by atoms with Crippen LogP contribution in [-0.2, 0) is 4.79 Å². The summed E-state index contributed by atoms with van der Waals surface area (Å²) in [5, 5.41) is 2.80. The highest BCUT2D eigenvalue weighted by atomic mass is 16.2. The van der Waals surface area contributed by atoms with E-state index < -0.39 is 5.92 Å². The second kappa shape index (κ2) is 3.94. The van der Waals surface area contributed by atoms with Crippen molar-refractivity contribution in [2.75, 3.05) is 5.32 Å². The normalized spacial score (nSPS) is 18.8. The quantitative estimate of drug-likeness (QED) is 0.819. The minimum absolute atomic E-state index is 0.146. The van der Waals surface area contributed by atoms with Crippen LogP contribution in [0.4, 0.5) is 5.82 Å². The van der Waals surface area contributed by atoms with Crippen LogP contribution in [0.5, 0.6) is 0 Å². The highest BCUT2D eigenvalue weighted by Gasteiger charge is 2.32. The zero-order valence-electron chi connectivity index (χ0n) is 10.0. The second-order valence-electron chi connectivity index (χ2n) is 4.44. The van der Waals surface area contributed by atoms with Crippen LogP contribution in [-0.4, -0.2) is 21.1 Å². The number of Topliss-reactive ketones (excluding diaryl/α,β-unsaturated/α-hetero) is 1. The standard InChI is InChI=1S/C13H13N3O2/c1-2-4-8-12(17)9-7-14-10-5-3-6-11(16(9)10)15-13(8)18/h3,5-8H,2,4H2,1H3,(H,15,18). The topological polar surface area (TPSA) is 63.5 Å². The summed E-state index contributed by atoms with van der Waals surface area (Å²) in [6.45, 7) is 1.96. The zero-order chi connectivity index (χ0) is 12.7. The van der Waals surface area contributed by atoms with Crippen LogP contribution in [0.15, 0.2) is 24.4 Å². The summed E-state index contributed by atoms with van der Waals surface area (Å²) in [7, 11) is 0. The maximum absolute atomic E-state index is 12.4. The van der Waals surface area contributed by atoms with Crippen LogP contribution >= 0.6 is 0 Å². The van der Waals surface area contributed by atoms with Gasteiger partial charge in [-0.3, -0.25) is 14.0 Å². The third kappa shape index (κ3) is 1.44. The summed E-state index contributed by atoms with van der Waals surface area (Å²) >= 11 is 0. The highest BCUT2D eigenvalue weighted by Crippen LogP contribution is 2.24. The number of ketones is 1. The Morgan fingerprint density at radius 2 is 2.22 bits per heavy atom. The Morgan fingerprint density at radius 1 is 1.39 bits per heavy atom. The third-order valence-corrected chi connectivity index (χ3v) is 3.24. The lowest BCUT2D eigenvalue weighted by atomic mass is 9.96. The maximum atomic E-state index is 12.4. The first kappa shape index (κ1) is 11.0. The summed E-state index contributed by atoms with van der Waals surface area (Å²) in [5.74, 6) is -0.371. The minimum Gasteiger partial charge on any atom is -0.311 e. The molecule has 0 saturated heterocycles. The molecule has 5 heteroatoms. The predicted octanol–water partition coefficient (Wildman–Crippen LogP) is 1.89. The minimum atomic E-state index is -0.609. The van der Waals surface area contributed by atoms with Crippen molar-refractivity contribution in [1.29, 1.82) is 0 Å². The fraction of sp³-hybridized carbons (Fsp3) is 0.308. The molecule has 18 heavy (non-hydrogen) atoms. The Morgan fingerprint density at radius 3 is 3.00 bits per heavy atom. The monoisotopic (exact) mass is 243 g/mol. The van der Waals surface area contributed by atoms with Crippen LogP contribution in [0.1, 0.15) is 30.3 Å². The molecule has 0 bridgehead atoms. The molecule has 1 amide bonds. The van der Waals surface area contributed by atoms with E-state index in [-0.39, 0.29) is 11.7 Å². The van der Waals surface area contributed by atoms with E-state index in [0.29, 0.717) is 23.6 Å². The van der Waals surface area contributed by atoms with Crippen LogP contribution in [0.3, 0.4) is 0 Å². The number of rotatable bonds is 2. The first-order chi connectivity index (χ1) is 8.72. The van der Waals surface area contributed by atoms with E-state index in [1.807, 2.05) is 19.1 Å². The van der Waals surface area contributed by atoms with Crippen molar-refractivity contribution in [3.8, 4) is 0 Å². The van der Waals surface area contributed by atoms with E-state index in [2.05, 4.69) is 10.3 Å². The Bertz CT molecular complexity index is 645. The molecule has 0 fully saturated rings. The number of nitrogens with zero attached hydrogens (tertiary/aromatic N) is 2. The summed E-state index contributed by atoms with van der Waals surface area (Å²) in [6.07, 6.45) is 2.90. The lowest BCUT2D eigenvalue weighted by Gasteiger charge is -2.09. The predicted molar refractivity (Wildman–Crippen MR) is 66.6 cm³/mol. The van der Waals surface area contributed by atoms with Gasteiger partial charge in [0.15, 0.2) is 5.78 Å². The summed E-state index contributed by atoms with van der Waals surface area (Å²) in [6, 6.07) is 5.40. The van der Waals surface area contributed by atoms with Gasteiger partial charge >= 0.3 is 0 Å². The molecule has 0 aliphatic carbocycles. The lowest BCUT2D eigenvalue weighted by molar-refractivity contribution is -0.118. The van der Waals surface area contributed by atoms with Crippen molar-refractivity contribution in [3.63, 3.8) is 0 Å². The Kier molecular flexibility index (Phi) is 2.40. The molecule has 2 aromatic rings. The first-order valence-corrected chi connectivity index (χ1v) is 6.04. The smallest absolute Gasteiger partial charge is 0.236 e. The number of anilines is 1. The molecule has 1 unspecified atom stereocenters. The van der Waals surface area contributed by atoms with Gasteiger partial charge in [0.1, 0.15) is 23.1 Å². The van der Waals surface area contributed by atoms with E-state index >= 15 is 0 Å². The average Bonchev–Trinajstić information content (AvgIpc) is 2.76. The highest BCUT2D eigenvalue weighted by molar-refractivity contribution is 6.14. The van der Waals surface area contributed by atoms with Crippen molar-refractivity contribution in [1.82, 2.24) is 9.38 Å². The van der Waals surface area contributed by atoms with Crippen molar-refractivity contribution in [2.45, 2.75) is 19.8 Å². The molecular weight excluding hydrogens is 230 g/mol. The number of hydrogen-bond acceptors (Lipinski definition) is 3. The third-order valence-electron chi connectivity index (χ3n) is 3.24. The van der Waals surface area contributed by atoms with Gasteiger partial charge in [-0.1, -0.05) is 19.4 Å². The fourth-order valence-electron chi connectivity index (χ4n) is 2.37. The van der Waals surface area contributed by atoms with Gasteiger partial charge in [-0.05, 0) is 18.6 Å². The molecular formula is C13H13N3O2. The van der Waals surface area contributed by atoms with E-state index in [1.54, 1.807) is 16.7 Å². The molecule has 0 spiro atoms. The van der Waals surface area contributed by atoms with Gasteiger partial charge in [0.2, 0.25) is 5.91 Å². The maximum Gasteiger partial charge on any atom is 0.236 e. The molecule has 0 saturated carbocycles. The molecule has 1 aliphatic rings. The van der Waals surface area contributed by atoms with Gasteiger partial charge in [-0.2, -0.15) is 0 Å². The van der Waals surface area contributed by atoms with E-state index in [1.165, 1.54) is 0 Å². The number of carbonyl (C=O) groups is 2. The average molecular weight is 243 g/mol. The molecule has 3 heterocycles. The van der Waals surface area contributed by atoms with Crippen molar-refractivity contribution >= 4 is 23.2 Å². The molecule has 2 aromatic heterocycles. The second-order valence-corrected chi connectivity index (χ2v) is 4.44.